The molecule has 4 aliphatic carbocycles. The van der Waals surface area contributed by atoms with Gasteiger partial charge in [-0.15, -0.1) is 0 Å². The van der Waals surface area contributed by atoms with Gasteiger partial charge in [0.25, 0.3) is 6.47 Å². The predicted molar refractivity (Wildman–Crippen MR) is 97.2 cm³/mol. The lowest BCUT2D eigenvalue weighted by Gasteiger charge is -2.53. The molecule has 0 N–H and O–H groups in total. The first-order valence-electron chi connectivity index (χ1n) is 9.63. The van der Waals surface area contributed by atoms with Gasteiger partial charge in [0.15, 0.2) is 18.2 Å². The quantitative estimate of drug-likeness (QED) is 0.570. The first-order valence-corrected chi connectivity index (χ1v) is 9.63. The third-order valence-corrected chi connectivity index (χ3v) is 7.50. The zero-order valence-corrected chi connectivity index (χ0v) is 15.5. The highest BCUT2D eigenvalue weighted by atomic mass is 16.5. The summed E-state index contributed by atoms with van der Waals surface area (Å²) < 4.78 is 4.71. The molecule has 4 nitrogen and oxygen atoms in total. The number of ether oxygens (including phenoxy) is 1. The number of allylic oxidation sites excluding steroid dienone is 5. The summed E-state index contributed by atoms with van der Waals surface area (Å²) in [6.45, 7) is 4.68. The van der Waals surface area contributed by atoms with E-state index in [1.807, 2.05) is 6.08 Å². The number of fused-ring (bicyclic) bond motifs is 5. The fourth-order valence-electron chi connectivity index (χ4n) is 6.06. The molecule has 0 aliphatic heterocycles. The normalized spacial score (nSPS) is 38.2. The number of rotatable bonds is 4. The Bertz CT molecular complexity index is 771. The Morgan fingerprint density at radius 1 is 1.31 bits per heavy atom. The maximum atomic E-state index is 12.5. The highest BCUT2D eigenvalue weighted by molar-refractivity contribution is 5.98. The first-order chi connectivity index (χ1) is 12.4. The number of carbonyl (C=O) groups excluding carboxylic acids is 3. The van der Waals surface area contributed by atoms with Gasteiger partial charge >= 0.3 is 0 Å². The minimum Gasteiger partial charge on any atom is -0.460 e. The standard InChI is InChI=1S/C22H26O4/c1-21-9-7-15(24)11-14(21)3-4-16-17-5-6-19(20(25)12-26-13-23)22(17,2)10-8-18(16)21/h6,8,11,13,16-17H,3-5,7,9-10,12H2,1-2H3/t16-,17-,21-,22-/m0/s1. The maximum Gasteiger partial charge on any atom is 0.293 e. The van der Waals surface area contributed by atoms with Crippen molar-refractivity contribution >= 4 is 18.0 Å². The van der Waals surface area contributed by atoms with E-state index in [-0.39, 0.29) is 29.0 Å². The van der Waals surface area contributed by atoms with E-state index in [1.54, 1.807) is 0 Å². The second-order valence-electron chi connectivity index (χ2n) is 8.68. The van der Waals surface area contributed by atoms with Crippen LogP contribution in [0.5, 0.6) is 0 Å². The Balaban J connectivity index is 1.65. The second kappa shape index (κ2) is 6.04. The van der Waals surface area contributed by atoms with Crippen LogP contribution in [-0.4, -0.2) is 24.6 Å². The number of carbonyl (C=O) groups is 3. The van der Waals surface area contributed by atoms with Gasteiger partial charge in [0.1, 0.15) is 0 Å². The molecule has 138 valence electrons. The summed E-state index contributed by atoms with van der Waals surface area (Å²) >= 11 is 0. The van der Waals surface area contributed by atoms with Crippen LogP contribution < -0.4 is 0 Å². The van der Waals surface area contributed by atoms with E-state index in [4.69, 9.17) is 4.74 Å². The SMILES string of the molecule is C[C@]12CCC(=O)C=C1CC[C@@H]1C2=CC[C@]2(C)C(C(=O)COC=O)=CC[C@@H]12. The molecule has 0 saturated heterocycles. The molecular formula is C22H26O4. The lowest BCUT2D eigenvalue weighted by molar-refractivity contribution is -0.135. The van der Waals surface area contributed by atoms with Crippen molar-refractivity contribution in [2.24, 2.45) is 22.7 Å². The van der Waals surface area contributed by atoms with Gasteiger partial charge in [-0.1, -0.05) is 37.1 Å². The van der Waals surface area contributed by atoms with Crippen LogP contribution in [0.3, 0.4) is 0 Å². The third kappa shape index (κ3) is 2.38. The average Bonchev–Trinajstić information content (AvgIpc) is 2.97. The molecule has 4 rings (SSSR count). The molecule has 4 atom stereocenters. The highest BCUT2D eigenvalue weighted by Gasteiger charge is 2.54. The topological polar surface area (TPSA) is 60.4 Å². The van der Waals surface area contributed by atoms with Crippen molar-refractivity contribution in [2.75, 3.05) is 6.61 Å². The van der Waals surface area contributed by atoms with Gasteiger partial charge in [-0.3, -0.25) is 14.4 Å². The van der Waals surface area contributed by atoms with E-state index >= 15 is 0 Å². The summed E-state index contributed by atoms with van der Waals surface area (Å²) in [4.78, 5) is 34.8. The minimum atomic E-state index is -0.167. The van der Waals surface area contributed by atoms with E-state index in [1.165, 1.54) is 11.1 Å². The van der Waals surface area contributed by atoms with Gasteiger partial charge < -0.3 is 4.74 Å². The maximum absolute atomic E-state index is 12.5. The van der Waals surface area contributed by atoms with Gasteiger partial charge in [0.05, 0.1) is 0 Å². The molecule has 0 unspecified atom stereocenters. The monoisotopic (exact) mass is 354 g/mol. The summed E-state index contributed by atoms with van der Waals surface area (Å²) in [6.07, 6.45) is 11.7. The van der Waals surface area contributed by atoms with Crippen molar-refractivity contribution in [3.63, 3.8) is 0 Å². The molecule has 0 bridgehead atoms. The fourth-order valence-corrected chi connectivity index (χ4v) is 6.06. The number of hydrogen-bond donors (Lipinski definition) is 0. The summed E-state index contributed by atoms with van der Waals surface area (Å²) in [6, 6.07) is 0. The second-order valence-corrected chi connectivity index (χ2v) is 8.68. The van der Waals surface area contributed by atoms with Crippen molar-refractivity contribution in [3.05, 3.63) is 34.9 Å². The van der Waals surface area contributed by atoms with Gasteiger partial charge in [-0.25, -0.2) is 0 Å². The Morgan fingerprint density at radius 3 is 2.88 bits per heavy atom. The zero-order valence-electron chi connectivity index (χ0n) is 15.5. The first kappa shape index (κ1) is 17.4. The summed E-state index contributed by atoms with van der Waals surface area (Å²) in [5, 5.41) is 0. The van der Waals surface area contributed by atoms with Crippen molar-refractivity contribution in [3.8, 4) is 0 Å². The minimum absolute atomic E-state index is 0.0194. The van der Waals surface area contributed by atoms with Crippen LogP contribution in [-0.2, 0) is 19.1 Å². The molecule has 0 aromatic rings. The van der Waals surface area contributed by atoms with E-state index in [0.29, 0.717) is 24.7 Å². The van der Waals surface area contributed by atoms with Crippen LogP contribution in [0.1, 0.15) is 52.4 Å². The molecule has 26 heavy (non-hydrogen) atoms. The molecule has 0 spiro atoms. The van der Waals surface area contributed by atoms with Gasteiger partial charge in [0.2, 0.25) is 0 Å². The molecule has 4 heteroatoms. The average molecular weight is 354 g/mol. The number of Topliss-reactive ketones (excluding diaryl/α,β-unsaturated/α-hetero) is 1. The van der Waals surface area contributed by atoms with Crippen molar-refractivity contribution < 1.29 is 19.1 Å². The van der Waals surface area contributed by atoms with E-state index in [2.05, 4.69) is 26.0 Å². The van der Waals surface area contributed by atoms with Gasteiger partial charge in [0, 0.05) is 22.8 Å². The number of hydrogen-bond acceptors (Lipinski definition) is 4. The van der Waals surface area contributed by atoms with Gasteiger partial charge in [-0.05, 0) is 50.0 Å². The zero-order chi connectivity index (χ0) is 18.5. The van der Waals surface area contributed by atoms with Crippen molar-refractivity contribution in [2.45, 2.75) is 52.4 Å². The smallest absolute Gasteiger partial charge is 0.293 e. The largest absolute Gasteiger partial charge is 0.460 e. The molecule has 0 aromatic carbocycles. The number of ketones is 2. The highest BCUT2D eigenvalue weighted by Crippen LogP contribution is 2.63. The molecule has 1 fully saturated rings. The van der Waals surface area contributed by atoms with Crippen LogP contribution >= 0.6 is 0 Å². The van der Waals surface area contributed by atoms with E-state index in [0.717, 1.165) is 37.7 Å². The molecule has 0 heterocycles. The van der Waals surface area contributed by atoms with Crippen LogP contribution in [0.2, 0.25) is 0 Å². The molecule has 0 amide bonds. The van der Waals surface area contributed by atoms with Gasteiger partial charge in [-0.2, -0.15) is 0 Å². The summed E-state index contributed by atoms with van der Waals surface area (Å²) in [5.41, 5.74) is 3.49. The lowest BCUT2D eigenvalue weighted by Crippen LogP contribution is -2.44. The van der Waals surface area contributed by atoms with Crippen molar-refractivity contribution in [1.29, 1.82) is 0 Å². The Labute approximate surface area is 154 Å². The van der Waals surface area contributed by atoms with E-state index in [9.17, 15) is 14.4 Å². The third-order valence-electron chi connectivity index (χ3n) is 7.50. The van der Waals surface area contributed by atoms with Crippen LogP contribution in [0.15, 0.2) is 34.9 Å². The van der Waals surface area contributed by atoms with Crippen LogP contribution in [0.25, 0.3) is 0 Å². The molecule has 0 radical (unpaired) electrons. The Kier molecular flexibility index (Phi) is 4.05. The van der Waals surface area contributed by atoms with Crippen LogP contribution in [0, 0.1) is 22.7 Å². The predicted octanol–water partition coefficient (Wildman–Crippen LogP) is 3.72. The Hall–Kier alpha value is -1.97. The summed E-state index contributed by atoms with van der Waals surface area (Å²) in [7, 11) is 0. The molecular weight excluding hydrogens is 328 g/mol. The van der Waals surface area contributed by atoms with Crippen molar-refractivity contribution in [1.82, 2.24) is 0 Å². The Morgan fingerprint density at radius 2 is 2.12 bits per heavy atom. The molecule has 4 aliphatic rings. The van der Waals surface area contributed by atoms with E-state index < -0.39 is 0 Å². The fraction of sp³-hybridized carbons (Fsp3) is 0.591. The lowest BCUT2D eigenvalue weighted by atomic mass is 9.51. The summed E-state index contributed by atoms with van der Waals surface area (Å²) in [5.74, 6) is 1.10. The molecule has 1 saturated carbocycles. The molecule has 0 aromatic heterocycles. The van der Waals surface area contributed by atoms with Crippen LogP contribution in [0.4, 0.5) is 0 Å².